The van der Waals surface area contributed by atoms with Gasteiger partial charge in [0.1, 0.15) is 0 Å². The first-order valence-corrected chi connectivity index (χ1v) is 9.63. The predicted octanol–water partition coefficient (Wildman–Crippen LogP) is 4.00. The fraction of sp³-hybridized carbons (Fsp3) is 0.200. The summed E-state index contributed by atoms with van der Waals surface area (Å²) in [5, 5.41) is 7.28. The average molecular weight is 488 g/mol. The number of rotatable bonds is 4. The molecule has 0 saturated heterocycles. The molecule has 0 saturated carbocycles. The zero-order valence-corrected chi connectivity index (χ0v) is 18.0. The fourth-order valence-electron chi connectivity index (χ4n) is 2.65. The van der Waals surface area contributed by atoms with Crippen LogP contribution < -0.4 is 11.1 Å². The van der Waals surface area contributed by atoms with E-state index in [0.29, 0.717) is 28.3 Å². The van der Waals surface area contributed by atoms with Crippen LogP contribution >= 0.6 is 22.9 Å². The van der Waals surface area contributed by atoms with Crippen molar-refractivity contribution in [1.82, 2.24) is 14.6 Å². The third kappa shape index (κ3) is 4.38. The van der Waals surface area contributed by atoms with E-state index in [1.807, 2.05) is 47.1 Å². The van der Waals surface area contributed by atoms with Gasteiger partial charge in [-0.3, -0.25) is 4.79 Å². The Morgan fingerprint density at radius 1 is 1.21 bits per heavy atom. The lowest BCUT2D eigenvalue weighted by atomic mass is 9.87. The lowest BCUT2D eigenvalue weighted by Crippen LogP contribution is -2.14. The Balaban J connectivity index is 1.81. The average Bonchev–Trinajstić information content (AvgIpc) is 3.06. The molecular formula is C20H21IN6O. The fourth-order valence-corrected chi connectivity index (χ4v) is 2.95. The quantitative estimate of drug-likeness (QED) is 0.429. The first-order chi connectivity index (χ1) is 13.3. The topological polar surface area (TPSA) is 97.7 Å². The smallest absolute Gasteiger partial charge is 0.256 e. The van der Waals surface area contributed by atoms with Gasteiger partial charge in [0.15, 0.2) is 11.5 Å². The highest BCUT2D eigenvalue weighted by Gasteiger charge is 2.15. The highest BCUT2D eigenvalue weighted by molar-refractivity contribution is 14.1. The highest BCUT2D eigenvalue weighted by Crippen LogP contribution is 2.22. The van der Waals surface area contributed by atoms with Gasteiger partial charge < -0.3 is 11.1 Å². The monoisotopic (exact) mass is 488 g/mol. The van der Waals surface area contributed by atoms with E-state index < -0.39 is 0 Å². The number of nitrogens with two attached hydrogens (primary N) is 1. The number of amides is 1. The molecule has 7 nitrogen and oxygen atoms in total. The molecule has 0 aliphatic rings. The number of allylic oxidation sites excluding steroid dienone is 1. The number of aromatic nitrogens is 3. The van der Waals surface area contributed by atoms with Gasteiger partial charge in [-0.15, -0.1) is 0 Å². The maximum atomic E-state index is 12.5. The first-order valence-electron chi connectivity index (χ1n) is 8.67. The molecule has 0 spiro atoms. The molecule has 144 valence electrons. The van der Waals surface area contributed by atoms with Gasteiger partial charge in [0, 0.05) is 23.6 Å². The Morgan fingerprint density at radius 2 is 1.93 bits per heavy atom. The summed E-state index contributed by atoms with van der Waals surface area (Å²) >= 11 is 1.88. The lowest BCUT2D eigenvalue weighted by molar-refractivity contribution is 0.102. The van der Waals surface area contributed by atoms with Crippen LogP contribution in [0, 0.1) is 0 Å². The van der Waals surface area contributed by atoms with Crippen molar-refractivity contribution in [3.8, 4) is 0 Å². The van der Waals surface area contributed by atoms with E-state index in [1.165, 1.54) is 11.8 Å². The zero-order valence-electron chi connectivity index (χ0n) is 15.8. The van der Waals surface area contributed by atoms with Crippen LogP contribution in [0.15, 0.2) is 52.0 Å². The van der Waals surface area contributed by atoms with E-state index in [9.17, 15) is 4.79 Å². The molecule has 1 amide bonds. The molecule has 3 N–H and O–H groups in total. The van der Waals surface area contributed by atoms with Crippen LogP contribution in [0.3, 0.4) is 0 Å². The summed E-state index contributed by atoms with van der Waals surface area (Å²) < 4.78 is 5.53. The summed E-state index contributed by atoms with van der Waals surface area (Å²) in [6.45, 7) is 6.41. The van der Waals surface area contributed by atoms with Gasteiger partial charge >= 0.3 is 0 Å². The van der Waals surface area contributed by atoms with Crippen LogP contribution in [-0.2, 0) is 5.41 Å². The van der Waals surface area contributed by atoms with E-state index in [-0.39, 0.29) is 11.3 Å². The molecule has 3 aromatic rings. The van der Waals surface area contributed by atoms with E-state index in [4.69, 9.17) is 5.73 Å². The van der Waals surface area contributed by atoms with Gasteiger partial charge in [0.05, 0.1) is 34.8 Å². The second kappa shape index (κ2) is 8.09. The van der Waals surface area contributed by atoms with Crippen molar-refractivity contribution in [2.24, 2.45) is 8.94 Å². The van der Waals surface area contributed by atoms with Crippen molar-refractivity contribution in [2.45, 2.75) is 26.2 Å². The predicted molar refractivity (Wildman–Crippen MR) is 121 cm³/mol. The Bertz CT molecular complexity index is 1060. The molecule has 8 heteroatoms. The minimum absolute atomic E-state index is 0.0405. The molecule has 0 bridgehead atoms. The summed E-state index contributed by atoms with van der Waals surface area (Å²) in [4.78, 5) is 16.9. The van der Waals surface area contributed by atoms with Gasteiger partial charge in [-0.2, -0.15) is 5.10 Å². The molecule has 0 atom stereocenters. The molecule has 0 radical (unpaired) electrons. The van der Waals surface area contributed by atoms with Crippen LogP contribution in [0.5, 0.6) is 0 Å². The normalized spacial score (nSPS) is 12.6. The Morgan fingerprint density at radius 3 is 2.54 bits per heavy atom. The van der Waals surface area contributed by atoms with E-state index in [2.05, 4.69) is 39.4 Å². The molecule has 3 rings (SSSR count). The maximum Gasteiger partial charge on any atom is 0.256 e. The van der Waals surface area contributed by atoms with Crippen LogP contribution in [0.1, 0.15) is 42.4 Å². The molecule has 2 heterocycles. The molecule has 2 aromatic heterocycles. The third-order valence-corrected chi connectivity index (χ3v) is 4.52. The Hall–Kier alpha value is -2.75. The van der Waals surface area contributed by atoms with Crippen molar-refractivity contribution in [1.29, 1.82) is 0 Å². The lowest BCUT2D eigenvalue weighted by Gasteiger charge is -2.18. The highest BCUT2D eigenvalue weighted by atomic mass is 127. The van der Waals surface area contributed by atoms with Gasteiger partial charge in [0.25, 0.3) is 5.91 Å². The number of imidazole rings is 1. The Kier molecular flexibility index (Phi) is 5.78. The molecule has 28 heavy (non-hydrogen) atoms. The number of nitrogens with zero attached hydrogens (tertiary/aromatic N) is 4. The van der Waals surface area contributed by atoms with Crippen LogP contribution in [0.2, 0.25) is 0 Å². The minimum atomic E-state index is -0.219. The van der Waals surface area contributed by atoms with Gasteiger partial charge in [-0.05, 0) is 35.2 Å². The SMILES string of the molecule is CC(C)(C)c1ccc(C(=O)Nc2cn3nc(C(C=NI)=CN)ccc3n2)cc1. The largest absolute Gasteiger partial charge is 0.404 e. The number of hydrogen-bond acceptors (Lipinski definition) is 5. The number of carbonyl (C=O) groups excluding carboxylic acids is 1. The van der Waals surface area contributed by atoms with E-state index in [0.717, 1.165) is 0 Å². The van der Waals surface area contributed by atoms with Crippen LogP contribution in [-0.4, -0.2) is 26.7 Å². The molecule has 0 fully saturated rings. The number of anilines is 1. The van der Waals surface area contributed by atoms with Crippen molar-refractivity contribution < 1.29 is 4.79 Å². The number of benzene rings is 1. The number of carbonyl (C=O) groups is 1. The zero-order chi connectivity index (χ0) is 20.3. The van der Waals surface area contributed by atoms with E-state index in [1.54, 1.807) is 29.1 Å². The van der Waals surface area contributed by atoms with Crippen molar-refractivity contribution in [3.05, 3.63) is 65.6 Å². The summed E-state index contributed by atoms with van der Waals surface area (Å²) in [6.07, 6.45) is 4.72. The minimum Gasteiger partial charge on any atom is -0.404 e. The van der Waals surface area contributed by atoms with Crippen molar-refractivity contribution in [3.63, 3.8) is 0 Å². The second-order valence-corrected chi connectivity index (χ2v) is 7.83. The van der Waals surface area contributed by atoms with Gasteiger partial charge in [-0.25, -0.2) is 12.7 Å². The number of fused-ring (bicyclic) bond motifs is 1. The van der Waals surface area contributed by atoms with Crippen LogP contribution in [0.25, 0.3) is 11.2 Å². The molecular weight excluding hydrogens is 467 g/mol. The summed E-state index contributed by atoms with van der Waals surface area (Å²) in [5.74, 6) is 0.207. The second-order valence-electron chi connectivity index (χ2n) is 7.28. The van der Waals surface area contributed by atoms with Crippen molar-refractivity contribution in [2.75, 3.05) is 5.32 Å². The summed E-state index contributed by atoms with van der Waals surface area (Å²) in [5.41, 5.74) is 9.38. The standard InChI is InChI=1S/C20H21IN6O/c1-20(2,3)15-6-4-13(5-7-15)19(28)25-17-12-27-18(24-17)9-8-16(26-27)14(10-22)11-23-21/h4-12H,22H2,1-3H3,(H,25,28). The summed E-state index contributed by atoms with van der Waals surface area (Å²) in [6, 6.07) is 11.2. The first kappa shape index (κ1) is 20.0. The van der Waals surface area contributed by atoms with E-state index >= 15 is 0 Å². The molecule has 0 unspecified atom stereocenters. The van der Waals surface area contributed by atoms with Crippen LogP contribution in [0.4, 0.5) is 5.82 Å². The van der Waals surface area contributed by atoms with Gasteiger partial charge in [-0.1, -0.05) is 32.9 Å². The van der Waals surface area contributed by atoms with Gasteiger partial charge in [0.2, 0.25) is 0 Å². The Labute approximate surface area is 177 Å². The number of nitrogens with one attached hydrogen (secondary N) is 1. The molecule has 0 aliphatic heterocycles. The molecule has 0 aliphatic carbocycles. The molecule has 1 aromatic carbocycles. The summed E-state index contributed by atoms with van der Waals surface area (Å²) in [7, 11) is 0. The number of hydrogen-bond donors (Lipinski definition) is 2. The maximum absolute atomic E-state index is 12.5. The number of halogens is 1. The third-order valence-electron chi connectivity index (χ3n) is 4.24. The van der Waals surface area contributed by atoms with Crippen molar-refractivity contribution >= 4 is 52.0 Å².